The molecule has 5 heteroatoms. The van der Waals surface area contributed by atoms with Crippen molar-refractivity contribution in [2.45, 2.75) is 51.9 Å². The molecule has 0 radical (unpaired) electrons. The van der Waals surface area contributed by atoms with Crippen molar-refractivity contribution in [1.29, 1.82) is 0 Å². The van der Waals surface area contributed by atoms with Gasteiger partial charge in [0, 0.05) is 5.69 Å². The number of aromatic carboxylic acids is 1. The molecule has 0 aliphatic heterocycles. The predicted octanol–water partition coefficient (Wildman–Crippen LogP) is 5.52. The minimum Gasteiger partial charge on any atom is -0.478 e. The van der Waals surface area contributed by atoms with E-state index in [0.717, 1.165) is 18.4 Å². The Hall–Kier alpha value is -2.91. The summed E-state index contributed by atoms with van der Waals surface area (Å²) >= 11 is 0. The SMILES string of the molecule is CCCCCCCCc1ccc(C(=O)O)c(N)c1.O=C=Nc1ccccc1. The number of carboxylic acid groups (broad SMARTS) is 1. The van der Waals surface area contributed by atoms with Crippen LogP contribution in [0.5, 0.6) is 0 Å². The molecule has 27 heavy (non-hydrogen) atoms. The first-order valence-corrected chi connectivity index (χ1v) is 9.33. The maximum Gasteiger partial charge on any atom is 0.337 e. The highest BCUT2D eigenvalue weighted by atomic mass is 16.4. The number of carbonyl (C=O) groups is 1. The molecule has 0 saturated heterocycles. The van der Waals surface area contributed by atoms with E-state index in [1.807, 2.05) is 24.3 Å². The van der Waals surface area contributed by atoms with Gasteiger partial charge in [-0.3, -0.25) is 0 Å². The van der Waals surface area contributed by atoms with E-state index in [-0.39, 0.29) is 5.56 Å². The van der Waals surface area contributed by atoms with Gasteiger partial charge in [0.05, 0.1) is 11.3 Å². The number of rotatable bonds is 9. The van der Waals surface area contributed by atoms with Crippen molar-refractivity contribution < 1.29 is 14.7 Å². The molecule has 0 aliphatic carbocycles. The second-order valence-corrected chi connectivity index (χ2v) is 6.28. The number of nitrogens with two attached hydrogens (primary N) is 1. The minimum atomic E-state index is -0.960. The Morgan fingerprint density at radius 1 is 1.04 bits per heavy atom. The lowest BCUT2D eigenvalue weighted by molar-refractivity contribution is 0.0698. The summed E-state index contributed by atoms with van der Waals surface area (Å²) in [4.78, 5) is 23.9. The Morgan fingerprint density at radius 2 is 1.70 bits per heavy atom. The van der Waals surface area contributed by atoms with Crippen LogP contribution in [0.25, 0.3) is 0 Å². The Morgan fingerprint density at radius 3 is 2.30 bits per heavy atom. The number of para-hydroxylation sites is 1. The number of hydrogen-bond donors (Lipinski definition) is 2. The largest absolute Gasteiger partial charge is 0.478 e. The fraction of sp³-hybridized carbons (Fsp3) is 0.364. The number of carbonyl (C=O) groups excluding carboxylic acids is 1. The molecule has 5 nitrogen and oxygen atoms in total. The Labute approximate surface area is 160 Å². The van der Waals surface area contributed by atoms with Crippen molar-refractivity contribution in [3.8, 4) is 0 Å². The summed E-state index contributed by atoms with van der Waals surface area (Å²) in [5.74, 6) is -0.960. The summed E-state index contributed by atoms with van der Waals surface area (Å²) in [6, 6.07) is 14.2. The molecular weight excluding hydrogens is 340 g/mol. The van der Waals surface area contributed by atoms with E-state index in [2.05, 4.69) is 11.9 Å². The summed E-state index contributed by atoms with van der Waals surface area (Å²) in [5, 5.41) is 8.87. The van der Waals surface area contributed by atoms with Crippen molar-refractivity contribution in [3.05, 3.63) is 59.7 Å². The van der Waals surface area contributed by atoms with E-state index in [1.54, 1.807) is 24.3 Å². The van der Waals surface area contributed by atoms with Gasteiger partial charge in [-0.25, -0.2) is 9.59 Å². The second-order valence-electron chi connectivity index (χ2n) is 6.28. The first-order chi connectivity index (χ1) is 13.1. The zero-order chi connectivity index (χ0) is 19.9. The van der Waals surface area contributed by atoms with Gasteiger partial charge in [-0.15, -0.1) is 0 Å². The molecule has 2 aromatic carbocycles. The Bertz CT molecular complexity index is 738. The molecule has 3 N–H and O–H groups in total. The van der Waals surface area contributed by atoms with Crippen LogP contribution in [-0.4, -0.2) is 17.2 Å². The molecular formula is C22H28N2O3. The number of isocyanates is 1. The third-order valence-corrected chi connectivity index (χ3v) is 4.10. The molecule has 2 aromatic rings. The predicted molar refractivity (Wildman–Crippen MR) is 109 cm³/mol. The Kier molecular flexibility index (Phi) is 10.9. The van der Waals surface area contributed by atoms with E-state index in [4.69, 9.17) is 10.8 Å². The molecule has 144 valence electrons. The lowest BCUT2D eigenvalue weighted by Crippen LogP contribution is -2.02. The molecule has 0 heterocycles. The lowest BCUT2D eigenvalue weighted by Gasteiger charge is -2.05. The fourth-order valence-corrected chi connectivity index (χ4v) is 2.63. The molecule has 0 spiro atoms. The second kappa shape index (κ2) is 13.3. The average molecular weight is 368 g/mol. The number of benzene rings is 2. The van der Waals surface area contributed by atoms with Crippen molar-refractivity contribution in [1.82, 2.24) is 0 Å². The first-order valence-electron chi connectivity index (χ1n) is 9.33. The van der Waals surface area contributed by atoms with E-state index in [9.17, 15) is 9.59 Å². The summed E-state index contributed by atoms with van der Waals surface area (Å²) in [6.07, 6.45) is 10.0. The van der Waals surface area contributed by atoms with Gasteiger partial charge in [0.1, 0.15) is 0 Å². The van der Waals surface area contributed by atoms with E-state index in [0.29, 0.717) is 11.4 Å². The van der Waals surface area contributed by atoms with Crippen LogP contribution in [0.3, 0.4) is 0 Å². The molecule has 2 rings (SSSR count). The van der Waals surface area contributed by atoms with E-state index >= 15 is 0 Å². The van der Waals surface area contributed by atoms with Crippen LogP contribution in [0.15, 0.2) is 53.5 Å². The van der Waals surface area contributed by atoms with E-state index < -0.39 is 5.97 Å². The van der Waals surface area contributed by atoms with Crippen LogP contribution in [0.2, 0.25) is 0 Å². The van der Waals surface area contributed by atoms with Crippen molar-refractivity contribution >= 4 is 23.4 Å². The highest BCUT2D eigenvalue weighted by Gasteiger charge is 2.07. The summed E-state index contributed by atoms with van der Waals surface area (Å²) in [6.45, 7) is 2.22. The monoisotopic (exact) mass is 368 g/mol. The van der Waals surface area contributed by atoms with Gasteiger partial charge in [0.15, 0.2) is 0 Å². The number of carboxylic acids is 1. The van der Waals surface area contributed by atoms with Gasteiger partial charge in [0.2, 0.25) is 6.08 Å². The highest BCUT2D eigenvalue weighted by Crippen LogP contribution is 2.17. The van der Waals surface area contributed by atoms with Crippen molar-refractivity contribution in [2.24, 2.45) is 4.99 Å². The maximum absolute atomic E-state index is 10.8. The fourth-order valence-electron chi connectivity index (χ4n) is 2.63. The Balaban J connectivity index is 0.000000337. The molecule has 0 aromatic heterocycles. The van der Waals surface area contributed by atoms with Gasteiger partial charge in [-0.1, -0.05) is 63.3 Å². The number of anilines is 1. The standard InChI is InChI=1S/C15H23NO2.C7H5NO/c1-2-3-4-5-6-7-8-12-9-10-13(15(17)18)14(16)11-12;9-6-8-7-4-2-1-3-5-7/h9-11H,2-8,16H2,1H3,(H,17,18);1-5H. The topological polar surface area (TPSA) is 92.7 Å². The number of aryl methyl sites for hydroxylation is 1. The van der Waals surface area contributed by atoms with Crippen LogP contribution < -0.4 is 5.73 Å². The molecule has 0 bridgehead atoms. The molecule has 0 aliphatic rings. The van der Waals surface area contributed by atoms with Gasteiger partial charge in [-0.2, -0.15) is 4.99 Å². The van der Waals surface area contributed by atoms with Crippen LogP contribution in [0, 0.1) is 0 Å². The number of nitrogens with zero attached hydrogens (tertiary/aromatic N) is 1. The van der Waals surface area contributed by atoms with Gasteiger partial charge in [0.25, 0.3) is 0 Å². The van der Waals surface area contributed by atoms with Crippen LogP contribution in [0.1, 0.15) is 61.4 Å². The molecule has 0 atom stereocenters. The van der Waals surface area contributed by atoms with Crippen molar-refractivity contribution in [3.63, 3.8) is 0 Å². The number of unbranched alkanes of at least 4 members (excludes halogenated alkanes) is 5. The normalized spacial score (nSPS) is 9.67. The van der Waals surface area contributed by atoms with Crippen LogP contribution in [0.4, 0.5) is 11.4 Å². The molecule has 0 unspecified atom stereocenters. The van der Waals surface area contributed by atoms with E-state index in [1.165, 1.54) is 38.2 Å². The number of nitrogen functional groups attached to an aromatic ring is 1. The average Bonchev–Trinajstić information content (AvgIpc) is 2.66. The molecule has 0 fully saturated rings. The third kappa shape index (κ3) is 9.38. The summed E-state index contributed by atoms with van der Waals surface area (Å²) in [7, 11) is 0. The van der Waals surface area contributed by atoms with Crippen LogP contribution >= 0.6 is 0 Å². The van der Waals surface area contributed by atoms with Crippen molar-refractivity contribution in [2.75, 3.05) is 5.73 Å². The van der Waals surface area contributed by atoms with Crippen LogP contribution in [-0.2, 0) is 11.2 Å². The third-order valence-electron chi connectivity index (χ3n) is 4.10. The maximum atomic E-state index is 10.8. The molecule has 0 amide bonds. The van der Waals surface area contributed by atoms with Gasteiger partial charge < -0.3 is 10.8 Å². The lowest BCUT2D eigenvalue weighted by atomic mass is 10.0. The first kappa shape index (κ1) is 22.1. The zero-order valence-electron chi connectivity index (χ0n) is 15.9. The van der Waals surface area contributed by atoms with Gasteiger partial charge >= 0.3 is 5.97 Å². The molecule has 0 saturated carbocycles. The quantitative estimate of drug-likeness (QED) is 0.264. The van der Waals surface area contributed by atoms with Gasteiger partial charge in [-0.05, 0) is 42.7 Å². The minimum absolute atomic E-state index is 0.196. The number of aliphatic imine (C=N–C) groups is 1. The summed E-state index contributed by atoms with van der Waals surface area (Å²) < 4.78 is 0. The summed E-state index contributed by atoms with van der Waals surface area (Å²) in [5.41, 5.74) is 8.05. The highest BCUT2D eigenvalue weighted by molar-refractivity contribution is 5.93. The zero-order valence-corrected chi connectivity index (χ0v) is 15.9. The smallest absolute Gasteiger partial charge is 0.337 e. The number of hydrogen-bond acceptors (Lipinski definition) is 4.